The Bertz CT molecular complexity index is 286. The third-order valence-electron chi connectivity index (χ3n) is 3.63. The van der Waals surface area contributed by atoms with Crippen molar-refractivity contribution in [3.63, 3.8) is 0 Å². The second-order valence-corrected chi connectivity index (χ2v) is 5.43. The van der Waals surface area contributed by atoms with Gasteiger partial charge in [-0.2, -0.15) is 0 Å². The van der Waals surface area contributed by atoms with E-state index in [-0.39, 0.29) is 18.5 Å². The summed E-state index contributed by atoms with van der Waals surface area (Å²) in [5, 5.41) is 14.4. The van der Waals surface area contributed by atoms with Gasteiger partial charge < -0.3 is 15.7 Å². The molecule has 1 saturated carbocycles. The molecule has 18 heavy (non-hydrogen) atoms. The summed E-state index contributed by atoms with van der Waals surface area (Å²) in [6, 6.07) is -0.256. The van der Waals surface area contributed by atoms with Crippen LogP contribution >= 0.6 is 0 Å². The van der Waals surface area contributed by atoms with Crippen molar-refractivity contribution in [1.29, 1.82) is 0 Å². The molecule has 5 nitrogen and oxygen atoms in total. The van der Waals surface area contributed by atoms with Crippen molar-refractivity contribution < 1.29 is 14.7 Å². The van der Waals surface area contributed by atoms with Crippen molar-refractivity contribution in [3.8, 4) is 0 Å². The van der Waals surface area contributed by atoms with Gasteiger partial charge in [0.2, 0.25) is 0 Å². The number of carbonyl (C=O) groups is 2. The van der Waals surface area contributed by atoms with Crippen LogP contribution in [0.3, 0.4) is 0 Å². The van der Waals surface area contributed by atoms with E-state index in [1.807, 2.05) is 13.8 Å². The van der Waals surface area contributed by atoms with Crippen molar-refractivity contribution in [1.82, 2.24) is 10.6 Å². The number of amides is 2. The maximum Gasteiger partial charge on any atom is 0.314 e. The predicted octanol–water partition coefficient (Wildman–Crippen LogP) is 1.83. The number of hydrogen-bond acceptors (Lipinski definition) is 2. The maximum atomic E-state index is 11.5. The number of nitrogens with one attached hydrogen (secondary N) is 2. The number of aliphatic carboxylic acids is 1. The molecule has 0 spiro atoms. The van der Waals surface area contributed by atoms with E-state index < -0.39 is 11.9 Å². The van der Waals surface area contributed by atoms with E-state index in [2.05, 4.69) is 10.6 Å². The van der Waals surface area contributed by atoms with E-state index in [1.54, 1.807) is 0 Å². The zero-order chi connectivity index (χ0) is 13.5. The van der Waals surface area contributed by atoms with Gasteiger partial charge >= 0.3 is 12.0 Å². The van der Waals surface area contributed by atoms with Gasteiger partial charge in [-0.1, -0.05) is 26.7 Å². The first-order chi connectivity index (χ1) is 8.50. The molecule has 1 fully saturated rings. The Morgan fingerprint density at radius 1 is 1.22 bits per heavy atom. The van der Waals surface area contributed by atoms with Crippen LogP contribution in [0.5, 0.6) is 0 Å². The van der Waals surface area contributed by atoms with Crippen LogP contribution in [-0.4, -0.2) is 30.2 Å². The monoisotopic (exact) mass is 256 g/mol. The fraction of sp³-hybridized carbons (Fsp3) is 0.846. The molecule has 0 radical (unpaired) electrons. The summed E-state index contributed by atoms with van der Waals surface area (Å²) >= 11 is 0. The normalized spacial score (nSPS) is 17.7. The van der Waals surface area contributed by atoms with Crippen LogP contribution in [0, 0.1) is 17.8 Å². The lowest BCUT2D eigenvalue weighted by atomic mass is 9.96. The van der Waals surface area contributed by atoms with Crippen molar-refractivity contribution >= 4 is 12.0 Å². The van der Waals surface area contributed by atoms with Gasteiger partial charge in [0, 0.05) is 13.1 Å². The van der Waals surface area contributed by atoms with Crippen LogP contribution in [0.2, 0.25) is 0 Å². The Balaban J connectivity index is 2.20. The molecule has 2 amide bonds. The molecule has 3 N–H and O–H groups in total. The van der Waals surface area contributed by atoms with Crippen LogP contribution < -0.4 is 10.6 Å². The zero-order valence-electron chi connectivity index (χ0n) is 11.2. The fourth-order valence-corrected chi connectivity index (χ4v) is 2.32. The molecule has 5 heteroatoms. The van der Waals surface area contributed by atoms with Crippen LogP contribution in [0.25, 0.3) is 0 Å². The Morgan fingerprint density at radius 3 is 2.33 bits per heavy atom. The Hall–Kier alpha value is -1.26. The van der Waals surface area contributed by atoms with E-state index in [0.717, 1.165) is 0 Å². The van der Waals surface area contributed by atoms with Crippen LogP contribution in [0.4, 0.5) is 4.79 Å². The number of rotatable bonds is 6. The molecule has 0 saturated heterocycles. The van der Waals surface area contributed by atoms with Gasteiger partial charge in [-0.05, 0) is 24.7 Å². The molecule has 1 atom stereocenters. The fourth-order valence-electron chi connectivity index (χ4n) is 2.32. The second-order valence-electron chi connectivity index (χ2n) is 5.43. The second kappa shape index (κ2) is 7.24. The van der Waals surface area contributed by atoms with Gasteiger partial charge in [0.1, 0.15) is 0 Å². The summed E-state index contributed by atoms with van der Waals surface area (Å²) in [5.74, 6) is -0.780. The highest BCUT2D eigenvalue weighted by Gasteiger charge is 2.22. The van der Waals surface area contributed by atoms with Gasteiger partial charge in [0.15, 0.2) is 0 Å². The van der Waals surface area contributed by atoms with Gasteiger partial charge in [0.25, 0.3) is 0 Å². The zero-order valence-corrected chi connectivity index (χ0v) is 11.2. The van der Waals surface area contributed by atoms with Crippen LogP contribution in [0.15, 0.2) is 0 Å². The minimum absolute atomic E-state index is 0.0117. The molecule has 0 bridgehead atoms. The first-order valence-electron chi connectivity index (χ1n) is 6.75. The first kappa shape index (κ1) is 14.8. The number of hydrogen-bond donors (Lipinski definition) is 3. The Labute approximate surface area is 108 Å². The number of carbonyl (C=O) groups excluding carboxylic acids is 1. The van der Waals surface area contributed by atoms with Crippen molar-refractivity contribution in [2.24, 2.45) is 17.8 Å². The van der Waals surface area contributed by atoms with E-state index in [4.69, 9.17) is 5.11 Å². The molecule has 0 aromatic carbocycles. The molecule has 1 rings (SSSR count). The van der Waals surface area contributed by atoms with Gasteiger partial charge in [-0.3, -0.25) is 4.79 Å². The standard InChI is InChI=1S/C13H24N2O3/c1-9(2)11(12(16)17)8-15-13(18)14-7-10-5-3-4-6-10/h9-11H,3-8H2,1-2H3,(H,16,17)(H2,14,15,18). The molecule has 0 aromatic heterocycles. The smallest absolute Gasteiger partial charge is 0.314 e. The lowest BCUT2D eigenvalue weighted by molar-refractivity contribution is -0.142. The summed E-state index contributed by atoms with van der Waals surface area (Å²) in [4.78, 5) is 22.5. The molecule has 1 unspecified atom stereocenters. The average Bonchev–Trinajstić information content (AvgIpc) is 2.78. The highest BCUT2D eigenvalue weighted by atomic mass is 16.4. The van der Waals surface area contributed by atoms with Gasteiger partial charge in [0.05, 0.1) is 5.92 Å². The lowest BCUT2D eigenvalue weighted by Gasteiger charge is -2.17. The largest absolute Gasteiger partial charge is 0.481 e. The van der Waals surface area contributed by atoms with Crippen molar-refractivity contribution in [2.45, 2.75) is 39.5 Å². The van der Waals surface area contributed by atoms with Crippen LogP contribution in [-0.2, 0) is 4.79 Å². The highest BCUT2D eigenvalue weighted by Crippen LogP contribution is 2.23. The number of carboxylic acid groups (broad SMARTS) is 1. The minimum Gasteiger partial charge on any atom is -0.481 e. The summed E-state index contributed by atoms with van der Waals surface area (Å²) in [7, 11) is 0. The van der Waals surface area contributed by atoms with E-state index >= 15 is 0 Å². The number of urea groups is 1. The quantitative estimate of drug-likeness (QED) is 0.678. The van der Waals surface area contributed by atoms with E-state index in [0.29, 0.717) is 12.5 Å². The average molecular weight is 256 g/mol. The van der Waals surface area contributed by atoms with Crippen molar-refractivity contribution in [2.75, 3.05) is 13.1 Å². The van der Waals surface area contributed by atoms with Gasteiger partial charge in [-0.15, -0.1) is 0 Å². The Morgan fingerprint density at radius 2 is 1.83 bits per heavy atom. The first-order valence-corrected chi connectivity index (χ1v) is 6.75. The summed E-state index contributed by atoms with van der Waals surface area (Å²) in [6.45, 7) is 4.57. The molecule has 0 heterocycles. The summed E-state index contributed by atoms with van der Waals surface area (Å²) in [6.07, 6.45) is 4.87. The molecular weight excluding hydrogens is 232 g/mol. The Kier molecular flexibility index (Phi) is 5.95. The third kappa shape index (κ3) is 4.94. The third-order valence-corrected chi connectivity index (χ3v) is 3.63. The minimum atomic E-state index is -0.860. The number of carboxylic acids is 1. The summed E-state index contributed by atoms with van der Waals surface area (Å²) < 4.78 is 0. The summed E-state index contributed by atoms with van der Waals surface area (Å²) in [5.41, 5.74) is 0. The van der Waals surface area contributed by atoms with Crippen molar-refractivity contribution in [3.05, 3.63) is 0 Å². The maximum absolute atomic E-state index is 11.5. The molecule has 0 aromatic rings. The van der Waals surface area contributed by atoms with E-state index in [9.17, 15) is 9.59 Å². The van der Waals surface area contributed by atoms with Crippen LogP contribution in [0.1, 0.15) is 39.5 Å². The molecule has 1 aliphatic rings. The van der Waals surface area contributed by atoms with Gasteiger partial charge in [-0.25, -0.2) is 4.79 Å². The molecule has 0 aliphatic heterocycles. The molecule has 104 valence electrons. The van der Waals surface area contributed by atoms with E-state index in [1.165, 1.54) is 25.7 Å². The molecular formula is C13H24N2O3. The highest BCUT2D eigenvalue weighted by molar-refractivity contribution is 5.75. The SMILES string of the molecule is CC(C)C(CNC(=O)NCC1CCCC1)C(=O)O. The predicted molar refractivity (Wildman–Crippen MR) is 69.3 cm³/mol. The lowest BCUT2D eigenvalue weighted by Crippen LogP contribution is -2.42. The molecule has 1 aliphatic carbocycles. The topological polar surface area (TPSA) is 78.4 Å².